The summed E-state index contributed by atoms with van der Waals surface area (Å²) in [6, 6.07) is 14.1. The fourth-order valence-corrected chi connectivity index (χ4v) is 2.81. The average Bonchev–Trinajstić information content (AvgIpc) is 2.63. The molecule has 0 aromatic heterocycles. The van der Waals surface area contributed by atoms with Crippen molar-refractivity contribution in [3.8, 4) is 0 Å². The third kappa shape index (κ3) is 4.11. The lowest BCUT2D eigenvalue weighted by Gasteiger charge is -2.26. The van der Waals surface area contributed by atoms with Gasteiger partial charge in [-0.05, 0) is 55.3 Å². The molecule has 0 radical (unpaired) electrons. The third-order valence-corrected chi connectivity index (χ3v) is 4.16. The van der Waals surface area contributed by atoms with Crippen molar-refractivity contribution in [1.29, 1.82) is 0 Å². The minimum atomic E-state index is -0.471. The fraction of sp³-hybridized carbons (Fsp3) is 0.190. The molecule has 0 aliphatic carbocycles. The van der Waals surface area contributed by atoms with E-state index in [9.17, 15) is 9.18 Å². The van der Waals surface area contributed by atoms with E-state index in [1.165, 1.54) is 12.1 Å². The molecule has 1 amide bonds. The first-order chi connectivity index (χ1) is 12.6. The van der Waals surface area contributed by atoms with E-state index >= 15 is 0 Å². The van der Waals surface area contributed by atoms with E-state index in [2.05, 4.69) is 16.3 Å². The number of amides is 1. The number of ether oxygens (including phenoxy) is 1. The van der Waals surface area contributed by atoms with Gasteiger partial charge in [0, 0.05) is 29.7 Å². The Morgan fingerprint density at radius 2 is 2.00 bits per heavy atom. The van der Waals surface area contributed by atoms with Gasteiger partial charge in [0.25, 0.3) is 0 Å². The molecule has 26 heavy (non-hydrogen) atoms. The van der Waals surface area contributed by atoms with Crippen LogP contribution in [0.15, 0.2) is 66.4 Å². The molecule has 1 N–H and O–H groups in total. The molecule has 5 heteroatoms. The van der Waals surface area contributed by atoms with E-state index in [1.807, 2.05) is 37.4 Å². The van der Waals surface area contributed by atoms with Crippen molar-refractivity contribution in [3.63, 3.8) is 0 Å². The second-order valence-electron chi connectivity index (χ2n) is 5.98. The number of nitrogens with one attached hydrogen (secondary N) is 1. The monoisotopic (exact) mass is 352 g/mol. The van der Waals surface area contributed by atoms with Crippen LogP contribution in [-0.4, -0.2) is 19.2 Å². The number of carbonyl (C=O) groups is 1. The molecule has 3 rings (SSSR count). The standard InChI is InChI=1S/C21H21FN2O2/c1-3-26-21(25)23-18-5-4-6-19(13-18)24-12-11-15(2)20(14-24)16-7-9-17(22)10-8-16/h4-11,13-14H,3,12H2,1-2H3,(H,23,25). The Morgan fingerprint density at radius 3 is 2.73 bits per heavy atom. The summed E-state index contributed by atoms with van der Waals surface area (Å²) >= 11 is 0. The summed E-state index contributed by atoms with van der Waals surface area (Å²) in [6.45, 7) is 4.86. The van der Waals surface area contributed by atoms with Crippen LogP contribution in [-0.2, 0) is 4.74 Å². The topological polar surface area (TPSA) is 41.6 Å². The smallest absolute Gasteiger partial charge is 0.411 e. The number of carbonyl (C=O) groups excluding carboxylic acids is 1. The lowest BCUT2D eigenvalue weighted by atomic mass is 9.97. The Labute approximate surface area is 152 Å². The summed E-state index contributed by atoms with van der Waals surface area (Å²) < 4.78 is 18.1. The van der Waals surface area contributed by atoms with Gasteiger partial charge in [-0.3, -0.25) is 5.32 Å². The summed E-state index contributed by atoms with van der Waals surface area (Å²) in [5, 5.41) is 2.71. The number of nitrogens with zero attached hydrogens (tertiary/aromatic N) is 1. The van der Waals surface area contributed by atoms with Gasteiger partial charge < -0.3 is 9.64 Å². The number of hydrogen-bond acceptors (Lipinski definition) is 3. The van der Waals surface area contributed by atoms with E-state index in [4.69, 9.17) is 4.74 Å². The molecule has 0 saturated carbocycles. The first-order valence-corrected chi connectivity index (χ1v) is 8.52. The van der Waals surface area contributed by atoms with Crippen LogP contribution < -0.4 is 10.2 Å². The van der Waals surface area contributed by atoms with Crippen LogP contribution in [0.4, 0.5) is 20.6 Å². The van der Waals surface area contributed by atoms with Gasteiger partial charge in [-0.1, -0.05) is 24.3 Å². The van der Waals surface area contributed by atoms with Crippen LogP contribution in [0.5, 0.6) is 0 Å². The fourth-order valence-electron chi connectivity index (χ4n) is 2.81. The molecule has 1 aliphatic heterocycles. The minimum Gasteiger partial charge on any atom is -0.450 e. The predicted molar refractivity (Wildman–Crippen MR) is 103 cm³/mol. The van der Waals surface area contributed by atoms with E-state index < -0.39 is 6.09 Å². The Kier molecular flexibility index (Phi) is 5.37. The van der Waals surface area contributed by atoms with Crippen LogP contribution in [0.1, 0.15) is 19.4 Å². The number of rotatable bonds is 4. The van der Waals surface area contributed by atoms with E-state index in [-0.39, 0.29) is 5.82 Å². The molecule has 0 fully saturated rings. The van der Waals surface area contributed by atoms with E-state index in [0.717, 1.165) is 28.9 Å². The highest BCUT2D eigenvalue weighted by Crippen LogP contribution is 2.30. The molecule has 0 atom stereocenters. The molecular formula is C21H21FN2O2. The van der Waals surface area contributed by atoms with Crippen molar-refractivity contribution in [2.24, 2.45) is 0 Å². The number of halogens is 1. The number of allylic oxidation sites excluding steroid dienone is 2. The van der Waals surface area contributed by atoms with Crippen molar-refractivity contribution in [2.75, 3.05) is 23.4 Å². The van der Waals surface area contributed by atoms with Crippen LogP contribution >= 0.6 is 0 Å². The lowest BCUT2D eigenvalue weighted by Crippen LogP contribution is -2.21. The second kappa shape index (κ2) is 7.87. The van der Waals surface area contributed by atoms with Gasteiger partial charge in [0.1, 0.15) is 5.82 Å². The van der Waals surface area contributed by atoms with Crippen LogP contribution in [0.25, 0.3) is 5.57 Å². The summed E-state index contributed by atoms with van der Waals surface area (Å²) in [5.74, 6) is -0.249. The van der Waals surface area contributed by atoms with Crippen LogP contribution in [0.3, 0.4) is 0 Å². The molecule has 1 heterocycles. The highest BCUT2D eigenvalue weighted by atomic mass is 19.1. The first kappa shape index (κ1) is 17.7. The van der Waals surface area contributed by atoms with Crippen molar-refractivity contribution in [3.05, 3.63) is 77.8 Å². The Balaban J connectivity index is 1.85. The predicted octanol–water partition coefficient (Wildman–Crippen LogP) is 5.20. The summed E-state index contributed by atoms with van der Waals surface area (Å²) in [5.41, 5.74) is 4.77. The van der Waals surface area contributed by atoms with Gasteiger partial charge in [-0.25, -0.2) is 9.18 Å². The number of hydrogen-bond donors (Lipinski definition) is 1. The molecular weight excluding hydrogens is 331 g/mol. The van der Waals surface area contributed by atoms with Crippen molar-refractivity contribution in [2.45, 2.75) is 13.8 Å². The van der Waals surface area contributed by atoms with Crippen LogP contribution in [0, 0.1) is 5.82 Å². The summed E-state index contributed by atoms with van der Waals surface area (Å²) in [6.07, 6.45) is 3.71. The second-order valence-corrected chi connectivity index (χ2v) is 5.98. The third-order valence-electron chi connectivity index (χ3n) is 4.16. The van der Waals surface area contributed by atoms with Crippen molar-refractivity contribution in [1.82, 2.24) is 0 Å². The normalized spacial score (nSPS) is 13.7. The summed E-state index contributed by atoms with van der Waals surface area (Å²) in [7, 11) is 0. The maximum atomic E-state index is 13.2. The molecule has 0 spiro atoms. The molecule has 0 saturated heterocycles. The van der Waals surface area contributed by atoms with Gasteiger partial charge in [-0.15, -0.1) is 0 Å². The SMILES string of the molecule is CCOC(=O)Nc1cccc(N2C=C(c3ccc(F)cc3)C(C)=CC2)c1. The zero-order valence-corrected chi connectivity index (χ0v) is 14.8. The molecule has 1 aliphatic rings. The number of benzene rings is 2. The first-order valence-electron chi connectivity index (χ1n) is 8.52. The molecule has 134 valence electrons. The van der Waals surface area contributed by atoms with Gasteiger partial charge in [0.15, 0.2) is 0 Å². The lowest BCUT2D eigenvalue weighted by molar-refractivity contribution is 0.168. The highest BCUT2D eigenvalue weighted by molar-refractivity contribution is 5.86. The maximum Gasteiger partial charge on any atom is 0.411 e. The maximum absolute atomic E-state index is 13.2. The average molecular weight is 352 g/mol. The highest BCUT2D eigenvalue weighted by Gasteiger charge is 2.14. The molecule has 0 unspecified atom stereocenters. The molecule has 2 aromatic rings. The Morgan fingerprint density at radius 1 is 1.23 bits per heavy atom. The van der Waals surface area contributed by atoms with Gasteiger partial charge in [0.2, 0.25) is 0 Å². The summed E-state index contributed by atoms with van der Waals surface area (Å²) in [4.78, 5) is 13.7. The quantitative estimate of drug-likeness (QED) is 0.822. The molecule has 4 nitrogen and oxygen atoms in total. The Hall–Kier alpha value is -3.08. The van der Waals surface area contributed by atoms with Gasteiger partial charge in [-0.2, -0.15) is 0 Å². The van der Waals surface area contributed by atoms with E-state index in [0.29, 0.717) is 12.3 Å². The minimum absolute atomic E-state index is 0.249. The van der Waals surface area contributed by atoms with Gasteiger partial charge in [0.05, 0.1) is 6.61 Å². The zero-order chi connectivity index (χ0) is 18.5. The molecule has 0 bridgehead atoms. The van der Waals surface area contributed by atoms with E-state index in [1.54, 1.807) is 19.1 Å². The van der Waals surface area contributed by atoms with Crippen molar-refractivity contribution < 1.29 is 13.9 Å². The Bertz CT molecular complexity index is 857. The number of anilines is 2. The zero-order valence-electron chi connectivity index (χ0n) is 14.8. The van der Waals surface area contributed by atoms with Crippen LogP contribution in [0.2, 0.25) is 0 Å². The largest absolute Gasteiger partial charge is 0.450 e. The van der Waals surface area contributed by atoms with Crippen molar-refractivity contribution >= 4 is 23.0 Å². The van der Waals surface area contributed by atoms with Gasteiger partial charge >= 0.3 is 6.09 Å². The molecule has 2 aromatic carbocycles.